The van der Waals surface area contributed by atoms with Gasteiger partial charge in [0.2, 0.25) is 0 Å². The van der Waals surface area contributed by atoms with Gasteiger partial charge in [-0.25, -0.2) is 4.98 Å². The van der Waals surface area contributed by atoms with Crippen molar-refractivity contribution in [3.63, 3.8) is 0 Å². The summed E-state index contributed by atoms with van der Waals surface area (Å²) in [6.45, 7) is 4.12. The standard InChI is InChI=1S/C26H28F5N3O3S2/c1-15(2)17-12-21(38-14-17)26(8-9-26)25-32-20-7-4-10-34(13-19(20)23(36)33-25)24(37)22(35)16-5-3-6-18(11-16)39(27,28,29,30)31/h3,5-6,11-12,14-15,22,35H,4,7-10,13H2,1-2H3,(H,32,33,36). The molecule has 1 aliphatic heterocycles. The lowest BCUT2D eigenvalue weighted by Crippen LogP contribution is -2.36. The van der Waals surface area contributed by atoms with E-state index < -0.39 is 38.3 Å². The Kier molecular flexibility index (Phi) is 6.14. The zero-order chi connectivity index (χ0) is 28.4. The number of benzene rings is 1. The monoisotopic (exact) mass is 589 g/mol. The zero-order valence-electron chi connectivity index (χ0n) is 21.2. The molecule has 1 atom stereocenters. The minimum atomic E-state index is -10.0. The van der Waals surface area contributed by atoms with Gasteiger partial charge in [-0.05, 0) is 66.3 Å². The average molecular weight is 590 g/mol. The molecule has 1 amide bonds. The average Bonchev–Trinajstić information content (AvgIpc) is 3.56. The van der Waals surface area contributed by atoms with Gasteiger partial charge in [0.1, 0.15) is 10.7 Å². The van der Waals surface area contributed by atoms with E-state index in [0.717, 1.165) is 34.8 Å². The smallest absolute Gasteiger partial charge is 0.310 e. The maximum Gasteiger partial charge on any atom is 0.310 e. The molecule has 1 unspecified atom stereocenters. The molecule has 1 fully saturated rings. The summed E-state index contributed by atoms with van der Waals surface area (Å²) in [6, 6.07) is 4.16. The number of aliphatic hydroxyl groups is 1. The largest absolute Gasteiger partial charge is 0.378 e. The Morgan fingerprint density at radius 1 is 1.15 bits per heavy atom. The van der Waals surface area contributed by atoms with Crippen LogP contribution in [0.15, 0.2) is 45.4 Å². The van der Waals surface area contributed by atoms with Gasteiger partial charge in [-0.2, -0.15) is 0 Å². The molecule has 3 aromatic rings. The molecule has 1 aliphatic carbocycles. The number of nitrogens with one attached hydrogen (secondary N) is 1. The number of carbonyl (C=O) groups excluding carboxylic acids is 1. The first-order chi connectivity index (χ1) is 18.0. The molecule has 1 aromatic carbocycles. The van der Waals surface area contributed by atoms with Gasteiger partial charge in [0.25, 0.3) is 11.5 Å². The Balaban J connectivity index is 1.40. The number of aryl methyl sites for hydroxylation is 1. The van der Waals surface area contributed by atoms with Crippen LogP contribution in [0.2, 0.25) is 0 Å². The first-order valence-electron chi connectivity index (χ1n) is 12.5. The van der Waals surface area contributed by atoms with E-state index in [4.69, 9.17) is 4.98 Å². The molecule has 3 heterocycles. The molecule has 0 spiro atoms. The Bertz CT molecular complexity index is 1510. The van der Waals surface area contributed by atoms with Gasteiger partial charge in [0.15, 0.2) is 6.10 Å². The summed E-state index contributed by atoms with van der Waals surface area (Å²) >= 11 is 1.64. The van der Waals surface area contributed by atoms with Crippen molar-refractivity contribution in [1.82, 2.24) is 14.9 Å². The normalized spacial score (nSPS) is 19.6. The van der Waals surface area contributed by atoms with E-state index in [1.165, 1.54) is 5.56 Å². The molecule has 13 heteroatoms. The summed E-state index contributed by atoms with van der Waals surface area (Å²) in [7, 11) is -10.0. The van der Waals surface area contributed by atoms with Gasteiger partial charge in [0, 0.05) is 11.4 Å². The van der Waals surface area contributed by atoms with Crippen LogP contribution in [-0.2, 0) is 23.2 Å². The fraction of sp³-hybridized carbons (Fsp3) is 0.423. The molecule has 2 aromatic heterocycles. The molecule has 6 nitrogen and oxygen atoms in total. The fourth-order valence-electron chi connectivity index (χ4n) is 4.91. The van der Waals surface area contributed by atoms with Crippen molar-refractivity contribution in [3.05, 3.63) is 79.2 Å². The number of halogens is 5. The number of aromatic nitrogens is 2. The lowest BCUT2D eigenvalue weighted by molar-refractivity contribution is -0.141. The van der Waals surface area contributed by atoms with E-state index in [0.29, 0.717) is 30.3 Å². The second-order valence-corrected chi connectivity index (χ2v) is 13.9. The van der Waals surface area contributed by atoms with Gasteiger partial charge < -0.3 is 15.0 Å². The lowest BCUT2D eigenvalue weighted by Gasteiger charge is -2.40. The van der Waals surface area contributed by atoms with Crippen molar-refractivity contribution >= 4 is 27.5 Å². The number of aliphatic hydroxyl groups excluding tert-OH is 1. The third kappa shape index (κ3) is 5.36. The van der Waals surface area contributed by atoms with E-state index in [-0.39, 0.29) is 36.2 Å². The summed E-state index contributed by atoms with van der Waals surface area (Å²) in [5.74, 6) is -0.0299. The SMILES string of the molecule is CC(C)c1csc(C2(c3nc4c(c(=O)[nH]3)CN(C(=O)C(O)c3cccc(S(F)(F)(F)(F)F)c3)CCC4)CC2)c1. The highest BCUT2D eigenvalue weighted by Gasteiger charge is 2.65. The Labute approximate surface area is 225 Å². The summed E-state index contributed by atoms with van der Waals surface area (Å²) < 4.78 is 66.3. The third-order valence-corrected chi connectivity index (χ3v) is 9.72. The molecule has 1 saturated carbocycles. The lowest BCUT2D eigenvalue weighted by atomic mass is 9.99. The number of aromatic amines is 1. The summed E-state index contributed by atoms with van der Waals surface area (Å²) in [4.78, 5) is 34.0. The van der Waals surface area contributed by atoms with Crippen molar-refractivity contribution in [2.75, 3.05) is 6.54 Å². The number of fused-ring (bicyclic) bond motifs is 1. The first-order valence-corrected chi connectivity index (χ1v) is 15.3. The van der Waals surface area contributed by atoms with Crippen LogP contribution >= 0.6 is 21.6 Å². The number of rotatable bonds is 6. The first kappa shape index (κ1) is 27.8. The van der Waals surface area contributed by atoms with Crippen LogP contribution < -0.4 is 5.56 Å². The van der Waals surface area contributed by atoms with E-state index in [2.05, 4.69) is 30.3 Å². The molecule has 2 aliphatic rings. The van der Waals surface area contributed by atoms with Crippen LogP contribution in [-0.4, -0.2) is 32.4 Å². The summed E-state index contributed by atoms with van der Waals surface area (Å²) in [5, 5.41) is 12.7. The Hall–Kier alpha value is -2.77. The number of thiophene rings is 1. The molecule has 0 bridgehead atoms. The number of nitrogens with zero attached hydrogens (tertiary/aromatic N) is 2. The maximum absolute atomic E-state index is 13.3. The van der Waals surface area contributed by atoms with Gasteiger partial charge in [-0.15, -0.1) is 11.3 Å². The Morgan fingerprint density at radius 3 is 2.49 bits per heavy atom. The second kappa shape index (κ2) is 8.61. The van der Waals surface area contributed by atoms with Crippen molar-refractivity contribution < 1.29 is 29.3 Å². The molecule has 39 heavy (non-hydrogen) atoms. The van der Waals surface area contributed by atoms with Crippen LogP contribution in [0.3, 0.4) is 0 Å². The van der Waals surface area contributed by atoms with Crippen molar-refractivity contribution in [3.8, 4) is 0 Å². The molecular formula is C26H28F5N3O3S2. The quantitative estimate of drug-likeness (QED) is 0.314. The minimum Gasteiger partial charge on any atom is -0.378 e. The summed E-state index contributed by atoms with van der Waals surface area (Å²) in [5.41, 5.74) is 0.620. The number of hydrogen-bond acceptors (Lipinski definition) is 5. The van der Waals surface area contributed by atoms with E-state index in [1.54, 1.807) is 11.3 Å². The van der Waals surface area contributed by atoms with Gasteiger partial charge in [-0.3, -0.25) is 9.59 Å². The van der Waals surface area contributed by atoms with Gasteiger partial charge in [0.05, 0.1) is 23.2 Å². The highest BCUT2D eigenvalue weighted by molar-refractivity contribution is 8.45. The minimum absolute atomic E-state index is 0.0981. The third-order valence-electron chi connectivity index (χ3n) is 7.42. The number of amides is 1. The van der Waals surface area contributed by atoms with Crippen molar-refractivity contribution in [1.29, 1.82) is 0 Å². The van der Waals surface area contributed by atoms with Crippen molar-refractivity contribution in [2.24, 2.45) is 0 Å². The van der Waals surface area contributed by atoms with Crippen LogP contribution in [0.25, 0.3) is 0 Å². The molecule has 2 N–H and O–H groups in total. The van der Waals surface area contributed by atoms with E-state index in [1.807, 2.05) is 0 Å². The van der Waals surface area contributed by atoms with Gasteiger partial charge >= 0.3 is 10.2 Å². The Morgan fingerprint density at radius 2 is 1.87 bits per heavy atom. The highest BCUT2D eigenvalue weighted by atomic mass is 32.5. The molecule has 212 valence electrons. The predicted octanol–water partition coefficient (Wildman–Crippen LogP) is 6.70. The van der Waals surface area contributed by atoms with Crippen LogP contribution in [0.5, 0.6) is 0 Å². The molecule has 0 saturated heterocycles. The number of hydrogen-bond donors (Lipinski definition) is 2. The van der Waals surface area contributed by atoms with Gasteiger partial charge in [-0.1, -0.05) is 45.4 Å². The molecular weight excluding hydrogens is 561 g/mol. The number of carbonyl (C=O) groups is 1. The number of H-pyrrole nitrogens is 1. The second-order valence-electron chi connectivity index (χ2n) is 10.6. The molecule has 5 rings (SSSR count). The predicted molar refractivity (Wildman–Crippen MR) is 140 cm³/mol. The highest BCUT2D eigenvalue weighted by Crippen LogP contribution is 3.02. The topological polar surface area (TPSA) is 86.3 Å². The summed E-state index contributed by atoms with van der Waals surface area (Å²) in [6.07, 6.45) is 0.380. The van der Waals surface area contributed by atoms with Crippen LogP contribution in [0.4, 0.5) is 19.4 Å². The zero-order valence-corrected chi connectivity index (χ0v) is 22.9. The van der Waals surface area contributed by atoms with Crippen LogP contribution in [0, 0.1) is 0 Å². The maximum atomic E-state index is 13.3. The van der Waals surface area contributed by atoms with Crippen LogP contribution in [0.1, 0.15) is 78.2 Å². The molecule has 0 radical (unpaired) electrons. The van der Waals surface area contributed by atoms with E-state index >= 15 is 0 Å². The van der Waals surface area contributed by atoms with E-state index in [9.17, 15) is 34.1 Å². The fourth-order valence-corrected chi connectivity index (χ4v) is 6.93. The van der Waals surface area contributed by atoms with Crippen molar-refractivity contribution in [2.45, 2.75) is 68.4 Å².